The molecular weight excluding hydrogens is 278 g/mol. The van der Waals surface area contributed by atoms with Crippen LogP contribution in [0.15, 0.2) is 11.6 Å². The number of amides is 1. The van der Waals surface area contributed by atoms with Gasteiger partial charge in [-0.15, -0.1) is 0 Å². The number of carbonyl (C=O) groups is 1. The highest BCUT2D eigenvalue weighted by Gasteiger charge is 2.47. The van der Waals surface area contributed by atoms with Crippen molar-refractivity contribution in [3.63, 3.8) is 0 Å². The minimum atomic E-state index is -0.00437. The molecule has 1 aliphatic carbocycles. The predicted octanol–water partition coefficient (Wildman–Crippen LogP) is 2.92. The van der Waals surface area contributed by atoms with E-state index in [-0.39, 0.29) is 23.5 Å². The topological polar surface area (TPSA) is 38.8 Å². The number of hydrogen-bond donors (Lipinski definition) is 0. The zero-order valence-electron chi connectivity index (χ0n) is 14.0. The van der Waals surface area contributed by atoms with Gasteiger partial charge in [-0.05, 0) is 52.4 Å². The fourth-order valence-electron chi connectivity index (χ4n) is 4.08. The molecule has 124 valence electrons. The van der Waals surface area contributed by atoms with Crippen molar-refractivity contribution in [1.82, 2.24) is 4.90 Å². The third-order valence-corrected chi connectivity index (χ3v) is 5.30. The summed E-state index contributed by atoms with van der Waals surface area (Å²) in [7, 11) is 0. The molecule has 0 N–H and O–H groups in total. The Labute approximate surface area is 133 Å². The number of hydrogen-bond acceptors (Lipinski definition) is 3. The molecule has 2 fully saturated rings. The van der Waals surface area contributed by atoms with E-state index in [2.05, 4.69) is 24.8 Å². The number of allylic oxidation sites excluding steroid dienone is 1. The SMILES string of the molecule is CC(C)OC[C@]12CCCO[C@H]1CCN(C(=O)C1=CCCC1)C2. The zero-order valence-corrected chi connectivity index (χ0v) is 14.0. The number of rotatable bonds is 4. The van der Waals surface area contributed by atoms with Crippen molar-refractivity contribution in [2.45, 2.75) is 64.6 Å². The van der Waals surface area contributed by atoms with Gasteiger partial charge in [-0.3, -0.25) is 4.79 Å². The van der Waals surface area contributed by atoms with E-state index in [1.54, 1.807) is 0 Å². The summed E-state index contributed by atoms with van der Waals surface area (Å²) < 4.78 is 12.0. The molecule has 22 heavy (non-hydrogen) atoms. The van der Waals surface area contributed by atoms with Crippen molar-refractivity contribution >= 4 is 5.91 Å². The third-order valence-electron chi connectivity index (χ3n) is 5.30. The lowest BCUT2D eigenvalue weighted by molar-refractivity contribution is -0.166. The fourth-order valence-corrected chi connectivity index (χ4v) is 4.08. The molecule has 4 nitrogen and oxygen atoms in total. The van der Waals surface area contributed by atoms with Gasteiger partial charge in [0.25, 0.3) is 0 Å². The molecule has 3 rings (SSSR count). The number of ether oxygens (including phenoxy) is 2. The summed E-state index contributed by atoms with van der Waals surface area (Å²) in [5, 5.41) is 0. The van der Waals surface area contributed by atoms with Crippen LogP contribution in [-0.2, 0) is 14.3 Å². The molecule has 0 unspecified atom stereocenters. The monoisotopic (exact) mass is 307 g/mol. The Morgan fingerprint density at radius 2 is 2.36 bits per heavy atom. The molecule has 2 saturated heterocycles. The van der Waals surface area contributed by atoms with Crippen LogP contribution in [0.1, 0.15) is 52.4 Å². The molecule has 2 atom stereocenters. The van der Waals surface area contributed by atoms with E-state index in [9.17, 15) is 4.79 Å². The van der Waals surface area contributed by atoms with Crippen LogP contribution in [0.25, 0.3) is 0 Å². The molecular formula is C18H29NO3. The van der Waals surface area contributed by atoms with Gasteiger partial charge in [0.1, 0.15) is 0 Å². The standard InChI is InChI=1S/C18H29NO3/c1-14(2)22-13-18-9-5-11-21-16(18)8-10-19(12-18)17(20)15-6-3-4-7-15/h6,14,16H,3-5,7-13H2,1-2H3/t16-,18+/m0/s1. The Morgan fingerprint density at radius 1 is 1.50 bits per heavy atom. The second-order valence-electron chi connectivity index (χ2n) is 7.32. The van der Waals surface area contributed by atoms with Gasteiger partial charge in [-0.2, -0.15) is 0 Å². The highest BCUT2D eigenvalue weighted by atomic mass is 16.5. The summed E-state index contributed by atoms with van der Waals surface area (Å²) in [6.45, 7) is 7.32. The van der Waals surface area contributed by atoms with Crippen LogP contribution >= 0.6 is 0 Å². The molecule has 2 aliphatic heterocycles. The average molecular weight is 307 g/mol. The molecule has 0 aromatic rings. The molecule has 1 amide bonds. The number of likely N-dealkylation sites (tertiary alicyclic amines) is 1. The maximum Gasteiger partial charge on any atom is 0.249 e. The van der Waals surface area contributed by atoms with Crippen LogP contribution in [0.4, 0.5) is 0 Å². The molecule has 2 heterocycles. The molecule has 4 heteroatoms. The Bertz CT molecular complexity index is 446. The van der Waals surface area contributed by atoms with Crippen molar-refractivity contribution in [3.8, 4) is 0 Å². The maximum absolute atomic E-state index is 12.7. The molecule has 0 bridgehead atoms. The summed E-state index contributed by atoms with van der Waals surface area (Å²) in [4.78, 5) is 14.8. The number of carbonyl (C=O) groups excluding carboxylic acids is 1. The van der Waals surface area contributed by atoms with Crippen molar-refractivity contribution < 1.29 is 14.3 Å². The highest BCUT2D eigenvalue weighted by molar-refractivity contribution is 5.93. The number of fused-ring (bicyclic) bond motifs is 1. The Hall–Kier alpha value is -0.870. The first-order valence-corrected chi connectivity index (χ1v) is 8.82. The second-order valence-corrected chi connectivity index (χ2v) is 7.32. The van der Waals surface area contributed by atoms with Gasteiger partial charge in [0.2, 0.25) is 5.91 Å². The average Bonchev–Trinajstić information content (AvgIpc) is 3.06. The summed E-state index contributed by atoms with van der Waals surface area (Å²) in [6, 6.07) is 0. The lowest BCUT2D eigenvalue weighted by Gasteiger charge is -2.50. The van der Waals surface area contributed by atoms with Crippen molar-refractivity contribution in [2.24, 2.45) is 5.41 Å². The molecule has 0 aromatic carbocycles. The summed E-state index contributed by atoms with van der Waals surface area (Å²) >= 11 is 0. The molecule has 0 aromatic heterocycles. The third kappa shape index (κ3) is 3.23. The van der Waals surface area contributed by atoms with Gasteiger partial charge in [0.05, 0.1) is 18.8 Å². The van der Waals surface area contributed by atoms with E-state index in [1.165, 1.54) is 0 Å². The van der Waals surface area contributed by atoms with E-state index in [0.717, 1.165) is 63.8 Å². The van der Waals surface area contributed by atoms with Gasteiger partial charge >= 0.3 is 0 Å². The highest BCUT2D eigenvalue weighted by Crippen LogP contribution is 2.41. The molecule has 0 saturated carbocycles. The van der Waals surface area contributed by atoms with Crippen LogP contribution in [-0.4, -0.2) is 49.3 Å². The van der Waals surface area contributed by atoms with Crippen LogP contribution in [0.3, 0.4) is 0 Å². The minimum Gasteiger partial charge on any atom is -0.378 e. The second kappa shape index (κ2) is 6.71. The Morgan fingerprint density at radius 3 is 3.09 bits per heavy atom. The first kappa shape index (κ1) is 16.0. The predicted molar refractivity (Wildman–Crippen MR) is 85.6 cm³/mol. The van der Waals surface area contributed by atoms with E-state index < -0.39 is 0 Å². The minimum absolute atomic E-state index is 0.00437. The van der Waals surface area contributed by atoms with Gasteiger partial charge < -0.3 is 14.4 Å². The lowest BCUT2D eigenvalue weighted by atomic mass is 9.73. The summed E-state index contributed by atoms with van der Waals surface area (Å²) in [5.41, 5.74) is 1.02. The van der Waals surface area contributed by atoms with Crippen LogP contribution in [0.2, 0.25) is 0 Å². The van der Waals surface area contributed by atoms with Crippen LogP contribution in [0.5, 0.6) is 0 Å². The first-order valence-electron chi connectivity index (χ1n) is 8.82. The van der Waals surface area contributed by atoms with Gasteiger partial charge in [-0.25, -0.2) is 0 Å². The van der Waals surface area contributed by atoms with E-state index in [4.69, 9.17) is 9.47 Å². The summed E-state index contributed by atoms with van der Waals surface area (Å²) in [6.07, 6.45) is 8.86. The summed E-state index contributed by atoms with van der Waals surface area (Å²) in [5.74, 6) is 0.255. The number of nitrogens with zero attached hydrogens (tertiary/aromatic N) is 1. The zero-order chi connectivity index (χ0) is 15.6. The van der Waals surface area contributed by atoms with Gasteiger partial charge in [0.15, 0.2) is 0 Å². The van der Waals surface area contributed by atoms with Crippen molar-refractivity contribution in [2.75, 3.05) is 26.3 Å². The van der Waals surface area contributed by atoms with Gasteiger partial charge in [-0.1, -0.05) is 6.08 Å². The van der Waals surface area contributed by atoms with E-state index in [1.807, 2.05) is 0 Å². The van der Waals surface area contributed by atoms with Crippen LogP contribution in [0, 0.1) is 5.41 Å². The lowest BCUT2D eigenvalue weighted by Crippen LogP contribution is -2.58. The Kier molecular flexibility index (Phi) is 4.88. The number of piperidine rings is 1. The maximum atomic E-state index is 12.7. The smallest absolute Gasteiger partial charge is 0.249 e. The molecule has 0 spiro atoms. The fraction of sp³-hybridized carbons (Fsp3) is 0.833. The van der Waals surface area contributed by atoms with E-state index in [0.29, 0.717) is 6.61 Å². The first-order chi connectivity index (χ1) is 10.6. The quantitative estimate of drug-likeness (QED) is 0.801. The van der Waals surface area contributed by atoms with Crippen molar-refractivity contribution in [3.05, 3.63) is 11.6 Å². The molecule has 0 radical (unpaired) electrons. The normalized spacial score (nSPS) is 32.0. The Balaban J connectivity index is 1.72. The van der Waals surface area contributed by atoms with E-state index >= 15 is 0 Å². The van der Waals surface area contributed by atoms with Crippen molar-refractivity contribution in [1.29, 1.82) is 0 Å². The largest absolute Gasteiger partial charge is 0.378 e. The van der Waals surface area contributed by atoms with Gasteiger partial charge in [0, 0.05) is 30.7 Å². The van der Waals surface area contributed by atoms with Crippen LogP contribution < -0.4 is 0 Å². The molecule has 3 aliphatic rings.